The van der Waals surface area contributed by atoms with Crippen LogP contribution in [0.5, 0.6) is 17.2 Å². The molecule has 5 nitrogen and oxygen atoms in total. The Labute approximate surface area is 135 Å². The van der Waals surface area contributed by atoms with E-state index in [1.54, 1.807) is 27.4 Å². The Morgan fingerprint density at radius 2 is 1.61 bits per heavy atom. The number of Topliss-reactive ketones (excluding diaryl/α,β-unsaturated/α-hetero) is 1. The van der Waals surface area contributed by atoms with Gasteiger partial charge in [0, 0.05) is 29.3 Å². The van der Waals surface area contributed by atoms with E-state index in [1.165, 1.54) is 0 Å². The van der Waals surface area contributed by atoms with E-state index in [-0.39, 0.29) is 11.8 Å². The quantitative estimate of drug-likeness (QED) is 0.937. The molecule has 0 spiro atoms. The number of methoxy groups -OCH3 is 3. The third-order valence-corrected chi connectivity index (χ3v) is 4.06. The Morgan fingerprint density at radius 1 is 0.957 bits per heavy atom. The molecular formula is C18H19NO4. The van der Waals surface area contributed by atoms with Gasteiger partial charge in [0.05, 0.1) is 27.4 Å². The van der Waals surface area contributed by atoms with Gasteiger partial charge in [0.2, 0.25) is 0 Å². The SMILES string of the molecule is COc1cc(OC)c(C2CC(=O)c3ccccc3N2)cc1OC. The molecule has 0 radical (unpaired) electrons. The summed E-state index contributed by atoms with van der Waals surface area (Å²) in [7, 11) is 4.77. The molecule has 0 bridgehead atoms. The molecule has 2 aromatic carbocycles. The molecule has 1 N–H and O–H groups in total. The summed E-state index contributed by atoms with van der Waals surface area (Å²) in [6, 6.07) is 11.0. The van der Waals surface area contributed by atoms with Crippen LogP contribution in [0.25, 0.3) is 0 Å². The van der Waals surface area contributed by atoms with Gasteiger partial charge in [-0.2, -0.15) is 0 Å². The van der Waals surface area contributed by atoms with Crippen molar-refractivity contribution < 1.29 is 19.0 Å². The van der Waals surface area contributed by atoms with Crippen LogP contribution in [0.2, 0.25) is 0 Å². The third-order valence-electron chi connectivity index (χ3n) is 4.06. The minimum atomic E-state index is -0.174. The summed E-state index contributed by atoms with van der Waals surface area (Å²) >= 11 is 0. The number of para-hydroxylation sites is 1. The summed E-state index contributed by atoms with van der Waals surface area (Å²) in [5, 5.41) is 3.41. The molecular weight excluding hydrogens is 294 g/mol. The van der Waals surface area contributed by atoms with Gasteiger partial charge >= 0.3 is 0 Å². The van der Waals surface area contributed by atoms with E-state index in [2.05, 4.69) is 5.32 Å². The topological polar surface area (TPSA) is 56.8 Å². The number of fused-ring (bicyclic) bond motifs is 1. The second kappa shape index (κ2) is 6.20. The van der Waals surface area contributed by atoms with Gasteiger partial charge in [-0.3, -0.25) is 4.79 Å². The van der Waals surface area contributed by atoms with Crippen LogP contribution in [0.3, 0.4) is 0 Å². The van der Waals surface area contributed by atoms with Crippen LogP contribution < -0.4 is 19.5 Å². The summed E-state index contributed by atoms with van der Waals surface area (Å²) in [5.74, 6) is 1.97. The summed E-state index contributed by atoms with van der Waals surface area (Å²) in [5.41, 5.74) is 2.43. The van der Waals surface area contributed by atoms with Gasteiger partial charge in [-0.15, -0.1) is 0 Å². The highest BCUT2D eigenvalue weighted by Crippen LogP contribution is 2.41. The van der Waals surface area contributed by atoms with Gasteiger partial charge in [0.25, 0.3) is 0 Å². The zero-order chi connectivity index (χ0) is 16.4. The summed E-state index contributed by atoms with van der Waals surface area (Å²) < 4.78 is 16.2. The van der Waals surface area contributed by atoms with Crippen molar-refractivity contribution in [3.63, 3.8) is 0 Å². The van der Waals surface area contributed by atoms with Crippen LogP contribution >= 0.6 is 0 Å². The molecule has 120 valence electrons. The van der Waals surface area contributed by atoms with Crippen molar-refractivity contribution in [2.45, 2.75) is 12.5 Å². The lowest BCUT2D eigenvalue weighted by atomic mass is 9.91. The normalized spacial score (nSPS) is 16.3. The number of benzene rings is 2. The molecule has 23 heavy (non-hydrogen) atoms. The summed E-state index contributed by atoms with van der Waals surface area (Å²) in [4.78, 5) is 12.4. The van der Waals surface area contributed by atoms with Crippen LogP contribution in [0.4, 0.5) is 5.69 Å². The molecule has 0 aliphatic carbocycles. The summed E-state index contributed by atoms with van der Waals surface area (Å²) in [6.07, 6.45) is 0.364. The maximum absolute atomic E-state index is 12.4. The molecule has 1 heterocycles. The van der Waals surface area contributed by atoms with E-state index >= 15 is 0 Å². The second-order valence-corrected chi connectivity index (χ2v) is 5.32. The standard InChI is InChI=1S/C18H19NO4/c1-21-16-10-18(23-3)17(22-2)8-12(16)14-9-15(20)11-6-4-5-7-13(11)19-14/h4-8,10,14,19H,9H2,1-3H3. The smallest absolute Gasteiger partial charge is 0.167 e. The highest BCUT2D eigenvalue weighted by molar-refractivity contribution is 6.03. The van der Waals surface area contributed by atoms with Crippen molar-refractivity contribution in [2.75, 3.05) is 26.6 Å². The summed E-state index contributed by atoms with van der Waals surface area (Å²) in [6.45, 7) is 0. The molecule has 3 rings (SSSR count). The predicted octanol–water partition coefficient (Wildman–Crippen LogP) is 3.45. The minimum absolute atomic E-state index is 0.112. The fraction of sp³-hybridized carbons (Fsp3) is 0.278. The number of hydrogen-bond donors (Lipinski definition) is 1. The average molecular weight is 313 g/mol. The molecule has 1 atom stereocenters. The Hall–Kier alpha value is -2.69. The Balaban J connectivity index is 2.04. The molecule has 1 aliphatic rings. The number of carbonyl (C=O) groups is 1. The first-order chi connectivity index (χ1) is 11.2. The lowest BCUT2D eigenvalue weighted by molar-refractivity contribution is 0.0972. The highest BCUT2D eigenvalue weighted by atomic mass is 16.5. The largest absolute Gasteiger partial charge is 0.496 e. The van der Waals surface area contributed by atoms with Gasteiger partial charge < -0.3 is 19.5 Å². The van der Waals surface area contributed by atoms with E-state index in [9.17, 15) is 4.79 Å². The molecule has 0 fully saturated rings. The molecule has 1 unspecified atom stereocenters. The Bertz CT molecular complexity index is 742. The van der Waals surface area contributed by atoms with Gasteiger partial charge in [0.15, 0.2) is 17.3 Å². The highest BCUT2D eigenvalue weighted by Gasteiger charge is 2.28. The van der Waals surface area contributed by atoms with E-state index in [1.807, 2.05) is 30.3 Å². The Morgan fingerprint density at radius 3 is 2.30 bits per heavy atom. The number of ether oxygens (including phenoxy) is 3. The maximum Gasteiger partial charge on any atom is 0.167 e. The first kappa shape index (κ1) is 15.2. The van der Waals surface area contributed by atoms with Crippen LogP contribution in [-0.2, 0) is 0 Å². The zero-order valence-electron chi connectivity index (χ0n) is 13.4. The van der Waals surface area contributed by atoms with Crippen molar-refractivity contribution >= 4 is 11.5 Å². The van der Waals surface area contributed by atoms with E-state index in [4.69, 9.17) is 14.2 Å². The molecule has 0 saturated carbocycles. The van der Waals surface area contributed by atoms with Crippen LogP contribution in [0.15, 0.2) is 36.4 Å². The maximum atomic E-state index is 12.4. The first-order valence-electron chi connectivity index (χ1n) is 7.36. The molecule has 1 aliphatic heterocycles. The van der Waals surface area contributed by atoms with Crippen LogP contribution in [0.1, 0.15) is 28.4 Å². The van der Waals surface area contributed by atoms with Crippen LogP contribution in [0, 0.1) is 0 Å². The van der Waals surface area contributed by atoms with Gasteiger partial charge in [-0.05, 0) is 18.2 Å². The van der Waals surface area contributed by atoms with Crippen molar-refractivity contribution in [2.24, 2.45) is 0 Å². The fourth-order valence-corrected chi connectivity index (χ4v) is 2.90. The van der Waals surface area contributed by atoms with Crippen molar-refractivity contribution in [3.05, 3.63) is 47.5 Å². The predicted molar refractivity (Wildman–Crippen MR) is 87.9 cm³/mol. The molecule has 0 saturated heterocycles. The monoisotopic (exact) mass is 313 g/mol. The van der Waals surface area contributed by atoms with Crippen molar-refractivity contribution in [1.29, 1.82) is 0 Å². The molecule has 0 aromatic heterocycles. The van der Waals surface area contributed by atoms with E-state index in [0.717, 1.165) is 16.8 Å². The number of hydrogen-bond acceptors (Lipinski definition) is 5. The lowest BCUT2D eigenvalue weighted by Gasteiger charge is -2.28. The fourth-order valence-electron chi connectivity index (χ4n) is 2.90. The molecule has 5 heteroatoms. The average Bonchev–Trinajstić information content (AvgIpc) is 2.60. The minimum Gasteiger partial charge on any atom is -0.496 e. The second-order valence-electron chi connectivity index (χ2n) is 5.32. The van der Waals surface area contributed by atoms with E-state index in [0.29, 0.717) is 23.7 Å². The molecule has 2 aromatic rings. The lowest BCUT2D eigenvalue weighted by Crippen LogP contribution is -2.23. The van der Waals surface area contributed by atoms with Crippen LogP contribution in [-0.4, -0.2) is 27.1 Å². The van der Waals surface area contributed by atoms with Gasteiger partial charge in [-0.1, -0.05) is 12.1 Å². The van der Waals surface area contributed by atoms with Crippen molar-refractivity contribution in [3.8, 4) is 17.2 Å². The van der Waals surface area contributed by atoms with Crippen molar-refractivity contribution in [1.82, 2.24) is 0 Å². The zero-order valence-corrected chi connectivity index (χ0v) is 13.4. The Kier molecular flexibility index (Phi) is 4.10. The third kappa shape index (κ3) is 2.70. The number of anilines is 1. The number of ketones is 1. The molecule has 0 amide bonds. The van der Waals surface area contributed by atoms with E-state index < -0.39 is 0 Å². The number of nitrogens with one attached hydrogen (secondary N) is 1. The van der Waals surface area contributed by atoms with Gasteiger partial charge in [0.1, 0.15) is 5.75 Å². The first-order valence-corrected chi connectivity index (χ1v) is 7.36. The van der Waals surface area contributed by atoms with Gasteiger partial charge in [-0.25, -0.2) is 0 Å². The number of carbonyl (C=O) groups excluding carboxylic acids is 1. The number of rotatable bonds is 4.